The van der Waals surface area contributed by atoms with Gasteiger partial charge in [0.2, 0.25) is 0 Å². The van der Waals surface area contributed by atoms with Gasteiger partial charge >= 0.3 is 0 Å². The first-order valence-corrected chi connectivity index (χ1v) is 6.32. The lowest BCUT2D eigenvalue weighted by Crippen LogP contribution is -2.25. The van der Waals surface area contributed by atoms with E-state index in [-0.39, 0.29) is 12.4 Å². The second-order valence-electron chi connectivity index (χ2n) is 3.99. The van der Waals surface area contributed by atoms with Gasteiger partial charge in [-0.1, -0.05) is 13.8 Å². The topological polar surface area (TPSA) is 28.4 Å². The average Bonchev–Trinajstić information content (AvgIpc) is 2.81. The highest BCUT2D eigenvalue weighted by Crippen LogP contribution is 1.99. The molecule has 1 aromatic rings. The van der Waals surface area contributed by atoms with Gasteiger partial charge in [0.05, 0.1) is 12.8 Å². The number of unbranched alkanes of at least 4 members (excludes halogenated alkanes) is 1. The maximum absolute atomic E-state index is 5.24. The molecule has 0 amide bonds. The summed E-state index contributed by atoms with van der Waals surface area (Å²) in [5.74, 6) is 1.02. The van der Waals surface area contributed by atoms with Crippen LogP contribution < -0.4 is 5.32 Å². The molecule has 0 aliphatic rings. The Hall–Kier alpha value is -0.510. The lowest BCUT2D eigenvalue weighted by Gasteiger charge is -2.17. The molecule has 0 unspecified atom stereocenters. The summed E-state index contributed by atoms with van der Waals surface area (Å²) in [5, 5.41) is 3.39. The molecule has 0 aliphatic carbocycles. The summed E-state index contributed by atoms with van der Waals surface area (Å²) in [4.78, 5) is 2.46. The predicted octanol–water partition coefficient (Wildman–Crippen LogP) is 2.91. The zero-order valence-corrected chi connectivity index (χ0v) is 11.8. The van der Waals surface area contributed by atoms with Crippen LogP contribution in [0.5, 0.6) is 0 Å². The Morgan fingerprint density at radius 3 is 2.59 bits per heavy atom. The van der Waals surface area contributed by atoms with Gasteiger partial charge < -0.3 is 14.6 Å². The van der Waals surface area contributed by atoms with Crippen LogP contribution in [0.4, 0.5) is 0 Å². The van der Waals surface area contributed by atoms with Crippen molar-refractivity contribution in [3.8, 4) is 0 Å². The van der Waals surface area contributed by atoms with Gasteiger partial charge in [0, 0.05) is 0 Å². The molecule has 0 saturated heterocycles. The lowest BCUT2D eigenvalue weighted by atomic mass is 10.3. The molecule has 1 heterocycles. The van der Waals surface area contributed by atoms with Gasteiger partial charge in [-0.25, -0.2) is 0 Å². The van der Waals surface area contributed by atoms with Crippen molar-refractivity contribution in [2.75, 3.05) is 26.2 Å². The zero-order valence-electron chi connectivity index (χ0n) is 10.9. The maximum atomic E-state index is 5.24. The van der Waals surface area contributed by atoms with Gasteiger partial charge in [-0.2, -0.15) is 0 Å². The summed E-state index contributed by atoms with van der Waals surface area (Å²) in [5.41, 5.74) is 0. The Morgan fingerprint density at radius 1 is 1.24 bits per heavy atom. The number of nitrogens with zero attached hydrogens (tertiary/aromatic N) is 1. The minimum absolute atomic E-state index is 0. The molecule has 4 heteroatoms. The molecule has 3 nitrogen and oxygen atoms in total. The number of hydrogen-bond acceptors (Lipinski definition) is 3. The summed E-state index contributed by atoms with van der Waals surface area (Å²) in [6, 6.07) is 3.93. The fraction of sp³-hybridized carbons (Fsp3) is 0.692. The summed E-state index contributed by atoms with van der Waals surface area (Å²) >= 11 is 0. The molecule has 17 heavy (non-hydrogen) atoms. The van der Waals surface area contributed by atoms with E-state index in [1.165, 1.54) is 19.4 Å². The molecule has 0 radical (unpaired) electrons. The first kappa shape index (κ1) is 16.5. The highest BCUT2D eigenvalue weighted by Gasteiger charge is 1.98. The van der Waals surface area contributed by atoms with Crippen molar-refractivity contribution in [1.29, 1.82) is 0 Å². The quantitative estimate of drug-likeness (QED) is 0.692. The van der Waals surface area contributed by atoms with Gasteiger partial charge in [-0.3, -0.25) is 0 Å². The monoisotopic (exact) mass is 260 g/mol. The van der Waals surface area contributed by atoms with E-state index < -0.39 is 0 Å². The number of rotatable bonds is 9. The van der Waals surface area contributed by atoms with Crippen LogP contribution >= 0.6 is 12.4 Å². The van der Waals surface area contributed by atoms with Crippen LogP contribution in [0.25, 0.3) is 0 Å². The maximum Gasteiger partial charge on any atom is 0.117 e. The van der Waals surface area contributed by atoms with E-state index >= 15 is 0 Å². The average molecular weight is 261 g/mol. The van der Waals surface area contributed by atoms with Crippen LogP contribution in [0.1, 0.15) is 32.4 Å². The fourth-order valence-electron chi connectivity index (χ4n) is 1.75. The van der Waals surface area contributed by atoms with E-state index in [4.69, 9.17) is 4.42 Å². The standard InChI is InChI=1S/C13H24N2O.ClH/c1-3-15(4-2)10-6-5-9-14-12-13-8-7-11-16-13;/h7-8,11,14H,3-6,9-10,12H2,1-2H3;1H. The summed E-state index contributed by atoms with van der Waals surface area (Å²) in [6.07, 6.45) is 4.22. The minimum atomic E-state index is 0. The van der Waals surface area contributed by atoms with Crippen molar-refractivity contribution in [3.05, 3.63) is 24.2 Å². The highest BCUT2D eigenvalue weighted by molar-refractivity contribution is 5.85. The van der Waals surface area contributed by atoms with Crippen LogP contribution in [0.2, 0.25) is 0 Å². The molecule has 0 bridgehead atoms. The molecule has 1 aromatic heterocycles. The predicted molar refractivity (Wildman–Crippen MR) is 74.7 cm³/mol. The third kappa shape index (κ3) is 7.42. The molecule has 0 aromatic carbocycles. The van der Waals surface area contributed by atoms with Gasteiger partial charge in [0.1, 0.15) is 5.76 Å². The Balaban J connectivity index is 0.00000256. The smallest absolute Gasteiger partial charge is 0.117 e. The first-order chi connectivity index (χ1) is 7.86. The highest BCUT2D eigenvalue weighted by atomic mass is 35.5. The first-order valence-electron chi connectivity index (χ1n) is 6.32. The Morgan fingerprint density at radius 2 is 2.00 bits per heavy atom. The van der Waals surface area contributed by atoms with Crippen LogP contribution in [-0.4, -0.2) is 31.1 Å². The van der Waals surface area contributed by atoms with Crippen LogP contribution in [-0.2, 0) is 6.54 Å². The van der Waals surface area contributed by atoms with Crippen molar-refractivity contribution in [2.24, 2.45) is 0 Å². The number of furan rings is 1. The molecule has 0 atom stereocenters. The molecule has 1 N–H and O–H groups in total. The largest absolute Gasteiger partial charge is 0.468 e. The van der Waals surface area contributed by atoms with Crippen LogP contribution in [0, 0.1) is 0 Å². The lowest BCUT2D eigenvalue weighted by molar-refractivity contribution is 0.296. The van der Waals surface area contributed by atoms with Crippen LogP contribution in [0.3, 0.4) is 0 Å². The van der Waals surface area contributed by atoms with E-state index in [1.54, 1.807) is 6.26 Å². The van der Waals surface area contributed by atoms with Gasteiger partial charge in [-0.15, -0.1) is 12.4 Å². The molecule has 100 valence electrons. The number of nitrogens with one attached hydrogen (secondary N) is 1. The number of hydrogen-bond donors (Lipinski definition) is 1. The van der Waals surface area contributed by atoms with Gasteiger partial charge in [0.15, 0.2) is 0 Å². The van der Waals surface area contributed by atoms with Crippen molar-refractivity contribution < 1.29 is 4.42 Å². The van der Waals surface area contributed by atoms with Crippen molar-refractivity contribution in [2.45, 2.75) is 33.2 Å². The molecule has 1 rings (SSSR count). The number of halogens is 1. The minimum Gasteiger partial charge on any atom is -0.468 e. The summed E-state index contributed by atoms with van der Waals surface area (Å²) < 4.78 is 5.24. The van der Waals surface area contributed by atoms with E-state index in [0.717, 1.165) is 31.9 Å². The van der Waals surface area contributed by atoms with E-state index in [2.05, 4.69) is 24.1 Å². The van der Waals surface area contributed by atoms with E-state index in [9.17, 15) is 0 Å². The fourth-order valence-corrected chi connectivity index (χ4v) is 1.75. The zero-order chi connectivity index (χ0) is 11.6. The van der Waals surface area contributed by atoms with Gasteiger partial charge in [-0.05, 0) is 51.2 Å². The molecule has 0 fully saturated rings. The van der Waals surface area contributed by atoms with Gasteiger partial charge in [0.25, 0.3) is 0 Å². The van der Waals surface area contributed by atoms with E-state index in [0.29, 0.717) is 0 Å². The molecular formula is C13H25ClN2O. The molecule has 0 saturated carbocycles. The SMILES string of the molecule is CCN(CC)CCCCNCc1ccco1.Cl. The van der Waals surface area contributed by atoms with Crippen molar-refractivity contribution in [3.63, 3.8) is 0 Å². The summed E-state index contributed by atoms with van der Waals surface area (Å²) in [6.45, 7) is 9.90. The Bertz CT molecular complexity index is 248. The Kier molecular flexibility index (Phi) is 10.3. The third-order valence-corrected chi connectivity index (χ3v) is 2.85. The van der Waals surface area contributed by atoms with Crippen LogP contribution in [0.15, 0.2) is 22.8 Å². The normalized spacial score (nSPS) is 10.5. The van der Waals surface area contributed by atoms with E-state index in [1.807, 2.05) is 12.1 Å². The Labute approximate surface area is 111 Å². The van der Waals surface area contributed by atoms with Crippen molar-refractivity contribution in [1.82, 2.24) is 10.2 Å². The molecule has 0 spiro atoms. The second-order valence-corrected chi connectivity index (χ2v) is 3.99. The summed E-state index contributed by atoms with van der Waals surface area (Å²) in [7, 11) is 0. The molecular weight excluding hydrogens is 236 g/mol. The third-order valence-electron chi connectivity index (χ3n) is 2.85. The second kappa shape index (κ2) is 10.6. The molecule has 0 aliphatic heterocycles. The van der Waals surface area contributed by atoms with Crippen molar-refractivity contribution >= 4 is 12.4 Å².